The second-order valence-corrected chi connectivity index (χ2v) is 7.35. The lowest BCUT2D eigenvalue weighted by atomic mass is 9.97. The van der Waals surface area contributed by atoms with Gasteiger partial charge in [0.2, 0.25) is 11.8 Å². The Labute approximate surface area is 163 Å². The van der Waals surface area contributed by atoms with Crippen molar-refractivity contribution in [2.24, 2.45) is 0 Å². The van der Waals surface area contributed by atoms with Gasteiger partial charge in [-0.2, -0.15) is 0 Å². The molecule has 8 heteroatoms. The zero-order valence-corrected chi connectivity index (χ0v) is 15.9. The second kappa shape index (κ2) is 7.56. The van der Waals surface area contributed by atoms with E-state index < -0.39 is 0 Å². The molecule has 1 amide bonds. The molecule has 1 unspecified atom stereocenters. The summed E-state index contributed by atoms with van der Waals surface area (Å²) < 4.78 is 19.6. The van der Waals surface area contributed by atoms with Crippen molar-refractivity contribution in [3.63, 3.8) is 0 Å². The van der Waals surface area contributed by atoms with Crippen molar-refractivity contribution < 1.29 is 13.6 Å². The van der Waals surface area contributed by atoms with Crippen LogP contribution in [0.15, 0.2) is 51.6 Å². The molecule has 1 saturated heterocycles. The molecule has 138 valence electrons. The largest absolute Gasteiger partial charge is 0.420 e. The van der Waals surface area contributed by atoms with E-state index in [1.165, 1.54) is 12.1 Å². The van der Waals surface area contributed by atoms with Crippen LogP contribution in [0.2, 0.25) is 0 Å². The van der Waals surface area contributed by atoms with Crippen molar-refractivity contribution >= 4 is 21.8 Å². The number of carbonyl (C=O) groups is 1. The van der Waals surface area contributed by atoms with Crippen LogP contribution in [-0.2, 0) is 0 Å². The Kier molecular flexibility index (Phi) is 4.98. The maximum absolute atomic E-state index is 13.1. The molecule has 0 bridgehead atoms. The molecule has 2 aromatic heterocycles. The lowest BCUT2D eigenvalue weighted by molar-refractivity contribution is 0.0698. The number of halogens is 2. The number of likely N-dealkylation sites (tertiary alicyclic amines) is 1. The van der Waals surface area contributed by atoms with Gasteiger partial charge in [-0.15, -0.1) is 10.2 Å². The summed E-state index contributed by atoms with van der Waals surface area (Å²) in [4.78, 5) is 18.6. The van der Waals surface area contributed by atoms with Crippen LogP contribution in [0.1, 0.15) is 35.0 Å². The molecule has 3 aromatic rings. The smallest absolute Gasteiger partial charge is 0.255 e. The Morgan fingerprint density at radius 1 is 1.22 bits per heavy atom. The fraction of sp³-hybridized carbons (Fsp3) is 0.263. The second-order valence-electron chi connectivity index (χ2n) is 6.43. The van der Waals surface area contributed by atoms with Gasteiger partial charge in [0.05, 0.1) is 11.5 Å². The summed E-state index contributed by atoms with van der Waals surface area (Å²) in [6.07, 6.45) is 4.93. The predicted molar refractivity (Wildman–Crippen MR) is 99.5 cm³/mol. The van der Waals surface area contributed by atoms with Gasteiger partial charge in [-0.3, -0.25) is 9.78 Å². The van der Waals surface area contributed by atoms with Crippen LogP contribution in [0.4, 0.5) is 4.39 Å². The van der Waals surface area contributed by atoms with E-state index in [2.05, 4.69) is 31.1 Å². The number of nitrogens with zero attached hydrogens (tertiary/aromatic N) is 4. The predicted octanol–water partition coefficient (Wildman–Crippen LogP) is 4.05. The average molecular weight is 431 g/mol. The summed E-state index contributed by atoms with van der Waals surface area (Å²) in [5.41, 5.74) is 1.21. The number of piperidine rings is 1. The van der Waals surface area contributed by atoms with Crippen molar-refractivity contribution in [1.29, 1.82) is 0 Å². The molecule has 4 rings (SSSR count). The minimum absolute atomic E-state index is 0.0236. The first-order chi connectivity index (χ1) is 13.1. The summed E-state index contributed by atoms with van der Waals surface area (Å²) in [5, 5.41) is 8.22. The normalized spacial score (nSPS) is 17.1. The third-order valence-corrected chi connectivity index (χ3v) is 4.98. The van der Waals surface area contributed by atoms with Crippen molar-refractivity contribution in [1.82, 2.24) is 20.1 Å². The number of benzene rings is 1. The van der Waals surface area contributed by atoms with Crippen LogP contribution in [0, 0.1) is 5.82 Å². The van der Waals surface area contributed by atoms with E-state index in [0.29, 0.717) is 36.0 Å². The van der Waals surface area contributed by atoms with Crippen molar-refractivity contribution in [2.45, 2.75) is 18.8 Å². The maximum Gasteiger partial charge on any atom is 0.255 e. The molecule has 1 aliphatic rings. The number of carbonyl (C=O) groups excluding carboxylic acids is 1. The highest BCUT2D eigenvalue weighted by Gasteiger charge is 2.29. The molecule has 6 nitrogen and oxygen atoms in total. The van der Waals surface area contributed by atoms with E-state index in [-0.39, 0.29) is 17.6 Å². The molecule has 0 saturated carbocycles. The van der Waals surface area contributed by atoms with Crippen LogP contribution in [0.25, 0.3) is 11.5 Å². The van der Waals surface area contributed by atoms with Gasteiger partial charge in [0.25, 0.3) is 5.91 Å². The Morgan fingerprint density at radius 3 is 2.81 bits per heavy atom. The first kappa shape index (κ1) is 17.8. The van der Waals surface area contributed by atoms with Gasteiger partial charge in [0.1, 0.15) is 5.82 Å². The SMILES string of the molecule is O=C(c1cncc(Br)c1)N1CCCC(c2nnc(-c3ccc(F)cc3)o2)C1. The number of rotatable bonds is 3. The van der Waals surface area contributed by atoms with Crippen molar-refractivity contribution in [3.8, 4) is 11.5 Å². The topological polar surface area (TPSA) is 72.1 Å². The van der Waals surface area contributed by atoms with E-state index in [1.54, 1.807) is 35.5 Å². The highest BCUT2D eigenvalue weighted by Crippen LogP contribution is 2.29. The molecule has 1 fully saturated rings. The highest BCUT2D eigenvalue weighted by atomic mass is 79.9. The van der Waals surface area contributed by atoms with Gasteiger partial charge in [0, 0.05) is 35.5 Å². The first-order valence-corrected chi connectivity index (χ1v) is 9.38. The van der Waals surface area contributed by atoms with Gasteiger partial charge in [-0.05, 0) is 59.1 Å². The van der Waals surface area contributed by atoms with E-state index in [0.717, 1.165) is 17.3 Å². The van der Waals surface area contributed by atoms with Crippen LogP contribution in [0.5, 0.6) is 0 Å². The standard InChI is InChI=1S/C19H16BrFN4O2/c20-15-8-14(9-22-10-15)19(26)25-7-1-2-13(11-25)18-24-23-17(27-18)12-3-5-16(21)6-4-12/h3-6,8-10,13H,1-2,7,11H2. The lowest BCUT2D eigenvalue weighted by Gasteiger charge is -2.31. The quantitative estimate of drug-likeness (QED) is 0.626. The molecule has 1 atom stereocenters. The average Bonchev–Trinajstić information content (AvgIpc) is 3.18. The first-order valence-electron chi connectivity index (χ1n) is 8.59. The van der Waals surface area contributed by atoms with Gasteiger partial charge in [-0.1, -0.05) is 0 Å². The van der Waals surface area contributed by atoms with Crippen molar-refractivity contribution in [3.05, 3.63) is 64.5 Å². The minimum Gasteiger partial charge on any atom is -0.420 e. The summed E-state index contributed by atoms with van der Waals surface area (Å²) in [5.74, 6) is 0.446. The Bertz CT molecular complexity index is 960. The number of aromatic nitrogens is 3. The zero-order valence-electron chi connectivity index (χ0n) is 14.3. The minimum atomic E-state index is -0.318. The van der Waals surface area contributed by atoms with Crippen LogP contribution < -0.4 is 0 Å². The molecule has 3 heterocycles. The number of hydrogen-bond acceptors (Lipinski definition) is 5. The highest BCUT2D eigenvalue weighted by molar-refractivity contribution is 9.10. The van der Waals surface area contributed by atoms with E-state index in [9.17, 15) is 9.18 Å². The van der Waals surface area contributed by atoms with Gasteiger partial charge < -0.3 is 9.32 Å². The lowest BCUT2D eigenvalue weighted by Crippen LogP contribution is -2.39. The third-order valence-electron chi connectivity index (χ3n) is 4.54. The molecule has 1 aromatic carbocycles. The Balaban J connectivity index is 1.50. The number of hydrogen-bond donors (Lipinski definition) is 0. The van der Waals surface area contributed by atoms with Crippen molar-refractivity contribution in [2.75, 3.05) is 13.1 Å². The van der Waals surface area contributed by atoms with Gasteiger partial charge in [0.15, 0.2) is 0 Å². The maximum atomic E-state index is 13.1. The van der Waals surface area contributed by atoms with Crippen LogP contribution in [-0.4, -0.2) is 39.1 Å². The zero-order chi connectivity index (χ0) is 18.8. The molecular weight excluding hydrogens is 415 g/mol. The molecule has 27 heavy (non-hydrogen) atoms. The summed E-state index contributed by atoms with van der Waals surface area (Å²) in [7, 11) is 0. The van der Waals surface area contributed by atoms with Crippen LogP contribution >= 0.6 is 15.9 Å². The monoisotopic (exact) mass is 430 g/mol. The molecule has 0 N–H and O–H groups in total. The Hall–Kier alpha value is -2.61. The molecule has 0 aliphatic carbocycles. The summed E-state index contributed by atoms with van der Waals surface area (Å²) >= 11 is 3.34. The van der Waals surface area contributed by atoms with Gasteiger partial charge >= 0.3 is 0 Å². The fourth-order valence-corrected chi connectivity index (χ4v) is 3.55. The molecule has 1 aliphatic heterocycles. The molecule has 0 spiro atoms. The Morgan fingerprint density at radius 2 is 2.04 bits per heavy atom. The molecule has 0 radical (unpaired) electrons. The number of pyridine rings is 1. The molecular formula is C19H16BrFN4O2. The van der Waals surface area contributed by atoms with Crippen LogP contribution in [0.3, 0.4) is 0 Å². The number of amides is 1. The van der Waals surface area contributed by atoms with Gasteiger partial charge in [-0.25, -0.2) is 4.39 Å². The van der Waals surface area contributed by atoms with E-state index >= 15 is 0 Å². The third kappa shape index (κ3) is 3.90. The van der Waals surface area contributed by atoms with E-state index in [1.807, 2.05) is 0 Å². The van der Waals surface area contributed by atoms with E-state index in [4.69, 9.17) is 4.42 Å². The summed E-state index contributed by atoms with van der Waals surface area (Å²) in [6, 6.07) is 7.67. The fourth-order valence-electron chi connectivity index (χ4n) is 3.18. The summed E-state index contributed by atoms with van der Waals surface area (Å²) in [6.45, 7) is 1.19.